The molecule has 0 heterocycles. The number of Topliss-reactive ketones (excluding diaryl/α,β-unsaturated/α-hetero) is 1. The number of nitrogens with zero attached hydrogens (tertiary/aromatic N) is 1. The fourth-order valence-corrected chi connectivity index (χ4v) is 1.39. The van der Waals surface area contributed by atoms with E-state index in [-0.39, 0.29) is 0 Å². The third-order valence-corrected chi connectivity index (χ3v) is 2.53. The van der Waals surface area contributed by atoms with E-state index in [9.17, 15) is 4.79 Å². The zero-order valence-corrected chi connectivity index (χ0v) is 8.34. The lowest BCUT2D eigenvalue weighted by Gasteiger charge is -2.23. The predicted molar refractivity (Wildman–Crippen MR) is 50.1 cm³/mol. The third-order valence-electron chi connectivity index (χ3n) is 2.53. The second-order valence-electron chi connectivity index (χ2n) is 3.90. The van der Waals surface area contributed by atoms with Gasteiger partial charge in [0.05, 0.1) is 6.54 Å². The third kappa shape index (κ3) is 2.59. The Morgan fingerprint density at radius 3 is 2.42 bits per heavy atom. The number of carbonyl (C=O) groups is 1. The van der Waals surface area contributed by atoms with Crippen molar-refractivity contribution >= 4 is 5.78 Å². The lowest BCUT2D eigenvalue weighted by atomic mass is 10.2. The van der Waals surface area contributed by atoms with Crippen molar-refractivity contribution in [2.45, 2.75) is 39.7 Å². The Morgan fingerprint density at radius 1 is 1.50 bits per heavy atom. The van der Waals surface area contributed by atoms with Gasteiger partial charge in [-0.25, -0.2) is 0 Å². The fraction of sp³-hybridized carbons (Fsp3) is 0.900. The highest BCUT2D eigenvalue weighted by molar-refractivity contribution is 5.85. The monoisotopic (exact) mass is 169 g/mol. The Bertz CT molecular complexity index is 161. The summed E-state index contributed by atoms with van der Waals surface area (Å²) in [6.45, 7) is 8.04. The summed E-state index contributed by atoms with van der Waals surface area (Å²) in [5.41, 5.74) is 0. The molecule has 0 amide bonds. The van der Waals surface area contributed by atoms with E-state index in [0.717, 1.165) is 19.4 Å². The molecule has 1 aliphatic carbocycles. The van der Waals surface area contributed by atoms with Crippen molar-refractivity contribution in [3.8, 4) is 0 Å². The van der Waals surface area contributed by atoms with Crippen LogP contribution in [0.2, 0.25) is 0 Å². The van der Waals surface area contributed by atoms with Gasteiger partial charge in [0.2, 0.25) is 0 Å². The molecule has 1 rings (SSSR count). The average molecular weight is 169 g/mol. The highest BCUT2D eigenvalue weighted by Crippen LogP contribution is 2.30. The largest absolute Gasteiger partial charge is 0.298 e. The standard InChI is InChI=1S/C10H19NO/c1-4-11(8(2)3)7-10(12)9-5-6-9/h8-9H,4-7H2,1-3H3. The minimum absolute atomic E-state index is 0.415. The van der Waals surface area contributed by atoms with Gasteiger partial charge in [-0.15, -0.1) is 0 Å². The van der Waals surface area contributed by atoms with Gasteiger partial charge in [-0.05, 0) is 33.2 Å². The van der Waals surface area contributed by atoms with Gasteiger partial charge in [0.1, 0.15) is 5.78 Å². The molecule has 12 heavy (non-hydrogen) atoms. The van der Waals surface area contributed by atoms with Gasteiger partial charge in [-0.3, -0.25) is 9.69 Å². The molecule has 2 nitrogen and oxygen atoms in total. The Labute approximate surface area is 74.9 Å². The van der Waals surface area contributed by atoms with E-state index in [0.29, 0.717) is 24.3 Å². The fourth-order valence-electron chi connectivity index (χ4n) is 1.39. The maximum atomic E-state index is 11.4. The van der Waals surface area contributed by atoms with Gasteiger partial charge >= 0.3 is 0 Å². The van der Waals surface area contributed by atoms with E-state index >= 15 is 0 Å². The van der Waals surface area contributed by atoms with Crippen LogP contribution >= 0.6 is 0 Å². The Balaban J connectivity index is 2.30. The van der Waals surface area contributed by atoms with E-state index in [1.807, 2.05) is 0 Å². The number of likely N-dealkylation sites (N-methyl/N-ethyl adjacent to an activating group) is 1. The second kappa shape index (κ2) is 4.04. The zero-order valence-electron chi connectivity index (χ0n) is 8.34. The summed E-state index contributed by atoms with van der Waals surface area (Å²) in [5, 5.41) is 0. The molecule has 0 aromatic rings. The smallest absolute Gasteiger partial charge is 0.149 e. The number of ketones is 1. The molecule has 0 atom stereocenters. The number of rotatable bonds is 5. The number of carbonyl (C=O) groups excluding carboxylic acids is 1. The van der Waals surface area contributed by atoms with Gasteiger partial charge in [0, 0.05) is 12.0 Å². The van der Waals surface area contributed by atoms with Gasteiger partial charge in [0.25, 0.3) is 0 Å². The second-order valence-corrected chi connectivity index (χ2v) is 3.90. The van der Waals surface area contributed by atoms with Crippen LogP contribution in [0, 0.1) is 5.92 Å². The van der Waals surface area contributed by atoms with Gasteiger partial charge in [-0.1, -0.05) is 6.92 Å². The minimum atomic E-state index is 0.415. The molecule has 2 heteroatoms. The van der Waals surface area contributed by atoms with Crippen molar-refractivity contribution in [1.82, 2.24) is 4.90 Å². The molecule has 0 spiro atoms. The molecule has 0 aromatic heterocycles. The summed E-state index contributed by atoms with van der Waals surface area (Å²) in [4.78, 5) is 13.7. The molecular weight excluding hydrogens is 150 g/mol. The lowest BCUT2D eigenvalue weighted by molar-refractivity contribution is -0.121. The molecule has 0 bridgehead atoms. The summed E-state index contributed by atoms with van der Waals surface area (Å²) in [5.74, 6) is 0.864. The van der Waals surface area contributed by atoms with Crippen molar-refractivity contribution in [1.29, 1.82) is 0 Å². The van der Waals surface area contributed by atoms with E-state index in [4.69, 9.17) is 0 Å². The normalized spacial score (nSPS) is 17.4. The molecule has 1 fully saturated rings. The lowest BCUT2D eigenvalue weighted by Crippen LogP contribution is -2.35. The van der Waals surface area contributed by atoms with Crippen molar-refractivity contribution in [3.05, 3.63) is 0 Å². The first-order valence-electron chi connectivity index (χ1n) is 4.92. The molecule has 0 radical (unpaired) electrons. The summed E-state index contributed by atoms with van der Waals surface area (Å²) in [7, 11) is 0. The van der Waals surface area contributed by atoms with Crippen molar-refractivity contribution in [2.75, 3.05) is 13.1 Å². The highest BCUT2D eigenvalue weighted by atomic mass is 16.1. The quantitative estimate of drug-likeness (QED) is 0.624. The van der Waals surface area contributed by atoms with Crippen LogP contribution in [0.25, 0.3) is 0 Å². The van der Waals surface area contributed by atoms with Crippen LogP contribution < -0.4 is 0 Å². The van der Waals surface area contributed by atoms with E-state index in [1.165, 1.54) is 0 Å². The first-order valence-corrected chi connectivity index (χ1v) is 4.92. The van der Waals surface area contributed by atoms with Crippen LogP contribution in [0.15, 0.2) is 0 Å². The van der Waals surface area contributed by atoms with E-state index in [2.05, 4.69) is 25.7 Å². The predicted octanol–water partition coefficient (Wildman–Crippen LogP) is 1.70. The number of hydrogen-bond acceptors (Lipinski definition) is 2. The van der Waals surface area contributed by atoms with Crippen molar-refractivity contribution in [3.63, 3.8) is 0 Å². The Kier molecular flexibility index (Phi) is 3.27. The molecular formula is C10H19NO. The Hall–Kier alpha value is -0.370. The van der Waals surface area contributed by atoms with E-state index in [1.54, 1.807) is 0 Å². The van der Waals surface area contributed by atoms with Crippen LogP contribution in [0.5, 0.6) is 0 Å². The minimum Gasteiger partial charge on any atom is -0.298 e. The maximum absolute atomic E-state index is 11.4. The molecule has 70 valence electrons. The molecule has 0 aromatic carbocycles. The van der Waals surface area contributed by atoms with E-state index < -0.39 is 0 Å². The first-order chi connectivity index (χ1) is 5.65. The summed E-state index contributed by atoms with van der Waals surface area (Å²) < 4.78 is 0. The molecule has 0 aliphatic heterocycles. The molecule has 0 saturated heterocycles. The first kappa shape index (κ1) is 9.72. The maximum Gasteiger partial charge on any atom is 0.149 e. The highest BCUT2D eigenvalue weighted by Gasteiger charge is 2.30. The van der Waals surface area contributed by atoms with Crippen LogP contribution in [0.1, 0.15) is 33.6 Å². The number of hydrogen-bond donors (Lipinski definition) is 0. The van der Waals surface area contributed by atoms with Crippen LogP contribution in [0.4, 0.5) is 0 Å². The molecule has 0 unspecified atom stereocenters. The average Bonchev–Trinajstić information content (AvgIpc) is 2.80. The molecule has 0 N–H and O–H groups in total. The molecule has 1 saturated carbocycles. The summed E-state index contributed by atoms with van der Waals surface area (Å²) in [6.07, 6.45) is 2.27. The summed E-state index contributed by atoms with van der Waals surface area (Å²) >= 11 is 0. The van der Waals surface area contributed by atoms with Crippen molar-refractivity contribution in [2.24, 2.45) is 5.92 Å². The Morgan fingerprint density at radius 2 is 2.08 bits per heavy atom. The van der Waals surface area contributed by atoms with Gasteiger partial charge < -0.3 is 0 Å². The SMILES string of the molecule is CCN(CC(=O)C1CC1)C(C)C. The zero-order chi connectivity index (χ0) is 9.14. The summed E-state index contributed by atoms with van der Waals surface area (Å²) in [6, 6.07) is 0.498. The van der Waals surface area contributed by atoms with Gasteiger partial charge in [-0.2, -0.15) is 0 Å². The molecule has 1 aliphatic rings. The van der Waals surface area contributed by atoms with Gasteiger partial charge in [0.15, 0.2) is 0 Å². The van der Waals surface area contributed by atoms with Crippen LogP contribution in [-0.2, 0) is 4.79 Å². The van der Waals surface area contributed by atoms with Crippen molar-refractivity contribution < 1.29 is 4.79 Å². The van der Waals surface area contributed by atoms with Crippen LogP contribution in [-0.4, -0.2) is 29.8 Å². The topological polar surface area (TPSA) is 20.3 Å². The van der Waals surface area contributed by atoms with Crippen LogP contribution in [0.3, 0.4) is 0 Å².